The molecule has 264 valence electrons. The fourth-order valence-corrected chi connectivity index (χ4v) is 6.32. The number of nitrogens with zero attached hydrogens (tertiary/aromatic N) is 2. The first-order valence-electron chi connectivity index (χ1n) is 17.4. The van der Waals surface area contributed by atoms with Gasteiger partial charge in [-0.1, -0.05) is 26.2 Å². The zero-order chi connectivity index (χ0) is 34.6. The number of likely N-dealkylation sites (N-methyl/N-ethyl adjacent to an activating group) is 1. The molecule has 48 heavy (non-hydrogen) atoms. The second-order valence-electron chi connectivity index (χ2n) is 13.4. The molecule has 0 radical (unpaired) electrons. The molecule has 0 unspecified atom stereocenters. The molecule has 4 atom stereocenters. The molecule has 0 saturated heterocycles. The number of amides is 4. The second-order valence-corrected chi connectivity index (χ2v) is 13.4. The highest BCUT2D eigenvalue weighted by Crippen LogP contribution is 2.30. The Kier molecular flexibility index (Phi) is 13.9. The Morgan fingerprint density at radius 2 is 1.69 bits per heavy atom. The van der Waals surface area contributed by atoms with Crippen LogP contribution < -0.4 is 20.1 Å². The topological polar surface area (TPSA) is 130 Å². The minimum absolute atomic E-state index is 0.0216. The quantitative estimate of drug-likeness (QED) is 0.307. The maximum Gasteiger partial charge on any atom is 0.321 e. The molecular weight excluding hydrogens is 612 g/mol. The van der Waals surface area contributed by atoms with Crippen LogP contribution in [-0.4, -0.2) is 91.5 Å². The molecule has 2 aromatic carbocycles. The summed E-state index contributed by atoms with van der Waals surface area (Å²) in [6.07, 6.45) is 6.90. The number of ether oxygens (including phenoxy) is 3. The van der Waals surface area contributed by atoms with E-state index in [1.54, 1.807) is 73.3 Å². The first-order chi connectivity index (χ1) is 23.1. The van der Waals surface area contributed by atoms with Crippen molar-refractivity contribution in [3.63, 3.8) is 0 Å². The number of carbonyl (C=O) groups is 3. The number of nitrogens with one attached hydrogen (secondary N) is 2. The number of hydrogen-bond acceptors (Lipinski definition) is 7. The minimum atomic E-state index is -0.504. The number of hydrogen-bond donors (Lipinski definition) is 3. The summed E-state index contributed by atoms with van der Waals surface area (Å²) >= 11 is 0. The number of anilines is 2. The summed E-state index contributed by atoms with van der Waals surface area (Å²) in [6, 6.07) is 11.6. The molecule has 0 bridgehead atoms. The van der Waals surface area contributed by atoms with Crippen LogP contribution in [0.4, 0.5) is 16.2 Å². The number of aliphatic hydroxyl groups excluding tert-OH is 1. The normalized spacial score (nSPS) is 22.0. The van der Waals surface area contributed by atoms with Gasteiger partial charge >= 0.3 is 6.03 Å². The lowest BCUT2D eigenvalue weighted by atomic mass is 9.88. The van der Waals surface area contributed by atoms with E-state index in [1.807, 2.05) is 13.8 Å². The lowest BCUT2D eigenvalue weighted by Crippen LogP contribution is -2.48. The fourth-order valence-electron chi connectivity index (χ4n) is 6.32. The number of fused-ring (bicyclic) bond motifs is 1. The van der Waals surface area contributed by atoms with Crippen molar-refractivity contribution in [2.75, 3.05) is 51.1 Å². The smallest absolute Gasteiger partial charge is 0.321 e. The van der Waals surface area contributed by atoms with Gasteiger partial charge in [0, 0.05) is 50.0 Å². The Bertz CT molecular complexity index is 1350. The summed E-state index contributed by atoms with van der Waals surface area (Å²) in [4.78, 5) is 43.8. The Morgan fingerprint density at radius 3 is 2.38 bits per heavy atom. The number of carbonyl (C=O) groups excluding carboxylic acids is 3. The summed E-state index contributed by atoms with van der Waals surface area (Å²) < 4.78 is 17.9. The van der Waals surface area contributed by atoms with Crippen LogP contribution in [-0.2, 0) is 9.53 Å². The maximum atomic E-state index is 14.4. The highest BCUT2D eigenvalue weighted by molar-refractivity contribution is 6.00. The molecule has 2 aromatic rings. The van der Waals surface area contributed by atoms with E-state index in [1.165, 1.54) is 0 Å². The van der Waals surface area contributed by atoms with E-state index >= 15 is 0 Å². The number of methoxy groups -OCH3 is 1. The second kappa shape index (κ2) is 18.1. The SMILES string of the molecule is COc1ccc(NC(=O)N(C)C[C@H]2OCCCC[C@H](C)Oc3ccc(NC(=O)C4CCCCC4)cc3C(=O)N([C@H](C)CO)C[C@H]2C)cc1. The highest BCUT2D eigenvalue weighted by atomic mass is 16.5. The van der Waals surface area contributed by atoms with Gasteiger partial charge in [-0.3, -0.25) is 9.59 Å². The molecule has 1 saturated carbocycles. The molecule has 11 heteroatoms. The molecule has 1 aliphatic heterocycles. The van der Waals surface area contributed by atoms with E-state index in [-0.39, 0.29) is 55.0 Å². The third kappa shape index (κ3) is 10.3. The molecule has 2 aliphatic rings. The van der Waals surface area contributed by atoms with Crippen molar-refractivity contribution in [3.8, 4) is 11.5 Å². The summed E-state index contributed by atoms with van der Waals surface area (Å²) in [6.45, 7) is 6.61. The van der Waals surface area contributed by atoms with E-state index in [9.17, 15) is 19.5 Å². The molecule has 4 amide bonds. The average molecular weight is 667 g/mol. The van der Waals surface area contributed by atoms with Crippen molar-refractivity contribution < 1.29 is 33.7 Å². The maximum absolute atomic E-state index is 14.4. The van der Waals surface area contributed by atoms with Gasteiger partial charge in [-0.25, -0.2) is 4.79 Å². The van der Waals surface area contributed by atoms with Crippen molar-refractivity contribution in [2.45, 2.75) is 90.4 Å². The van der Waals surface area contributed by atoms with E-state index in [0.29, 0.717) is 41.6 Å². The Labute approximate surface area is 285 Å². The zero-order valence-corrected chi connectivity index (χ0v) is 29.2. The predicted octanol–water partition coefficient (Wildman–Crippen LogP) is 6.17. The molecule has 0 spiro atoms. The molecule has 1 fully saturated rings. The molecular formula is C37H54N4O7. The van der Waals surface area contributed by atoms with Crippen molar-refractivity contribution >= 4 is 29.2 Å². The Balaban J connectivity index is 1.56. The largest absolute Gasteiger partial charge is 0.497 e. The number of aliphatic hydroxyl groups is 1. The summed E-state index contributed by atoms with van der Waals surface area (Å²) in [5.74, 6) is 0.598. The molecule has 1 aliphatic carbocycles. The summed E-state index contributed by atoms with van der Waals surface area (Å²) in [5.41, 5.74) is 1.53. The van der Waals surface area contributed by atoms with Gasteiger partial charge in [-0.05, 0) is 88.4 Å². The summed E-state index contributed by atoms with van der Waals surface area (Å²) in [5, 5.41) is 16.2. The average Bonchev–Trinajstić information content (AvgIpc) is 3.10. The van der Waals surface area contributed by atoms with Gasteiger partial charge in [0.05, 0.1) is 37.5 Å². The van der Waals surface area contributed by atoms with E-state index in [2.05, 4.69) is 10.6 Å². The van der Waals surface area contributed by atoms with Crippen molar-refractivity contribution in [1.82, 2.24) is 9.80 Å². The van der Waals surface area contributed by atoms with Crippen LogP contribution in [0.2, 0.25) is 0 Å². The first-order valence-corrected chi connectivity index (χ1v) is 17.4. The van der Waals surface area contributed by atoms with E-state index in [4.69, 9.17) is 14.2 Å². The number of rotatable bonds is 8. The number of benzene rings is 2. The van der Waals surface area contributed by atoms with Gasteiger partial charge in [0.25, 0.3) is 5.91 Å². The van der Waals surface area contributed by atoms with E-state index < -0.39 is 6.04 Å². The highest BCUT2D eigenvalue weighted by Gasteiger charge is 2.31. The Morgan fingerprint density at radius 1 is 1.00 bits per heavy atom. The third-order valence-corrected chi connectivity index (χ3v) is 9.44. The minimum Gasteiger partial charge on any atom is -0.497 e. The van der Waals surface area contributed by atoms with Crippen LogP contribution in [0, 0.1) is 11.8 Å². The fraction of sp³-hybridized carbons (Fsp3) is 0.595. The van der Waals surface area contributed by atoms with E-state index in [0.717, 1.165) is 51.4 Å². The Hall–Kier alpha value is -3.83. The van der Waals surface area contributed by atoms with Gasteiger partial charge in [0.1, 0.15) is 11.5 Å². The lowest BCUT2D eigenvalue weighted by molar-refractivity contribution is -0.120. The molecule has 4 rings (SSSR count). The van der Waals surface area contributed by atoms with Crippen LogP contribution in [0.25, 0.3) is 0 Å². The van der Waals surface area contributed by atoms with Crippen LogP contribution in [0.15, 0.2) is 42.5 Å². The monoisotopic (exact) mass is 666 g/mol. The van der Waals surface area contributed by atoms with Gasteiger partial charge < -0.3 is 39.8 Å². The zero-order valence-electron chi connectivity index (χ0n) is 29.2. The van der Waals surface area contributed by atoms with Crippen LogP contribution in [0.1, 0.15) is 82.5 Å². The molecule has 3 N–H and O–H groups in total. The number of urea groups is 1. The van der Waals surface area contributed by atoms with Crippen molar-refractivity contribution in [3.05, 3.63) is 48.0 Å². The predicted molar refractivity (Wildman–Crippen MR) is 187 cm³/mol. The first kappa shape index (κ1) is 37.0. The van der Waals surface area contributed by atoms with Gasteiger partial charge in [0.15, 0.2) is 0 Å². The molecule has 1 heterocycles. The van der Waals surface area contributed by atoms with Crippen molar-refractivity contribution in [1.29, 1.82) is 0 Å². The van der Waals surface area contributed by atoms with Crippen molar-refractivity contribution in [2.24, 2.45) is 11.8 Å². The molecule has 11 nitrogen and oxygen atoms in total. The van der Waals surface area contributed by atoms with Crippen LogP contribution in [0.3, 0.4) is 0 Å². The van der Waals surface area contributed by atoms with Gasteiger partial charge in [-0.2, -0.15) is 0 Å². The van der Waals surface area contributed by atoms with Gasteiger partial charge in [0.2, 0.25) is 5.91 Å². The molecule has 0 aromatic heterocycles. The third-order valence-electron chi connectivity index (χ3n) is 9.44. The standard InChI is InChI=1S/C37H54N4O7/c1-25-22-41(26(2)24-42)36(44)32-21-30(38-35(43)28-12-7-6-8-13-28)16-19-33(32)48-27(3)11-9-10-20-47-34(25)23-40(4)37(45)39-29-14-17-31(46-5)18-15-29/h14-19,21,25-28,34,42H,6-13,20,22-24H2,1-5H3,(H,38,43)(H,39,45)/t25-,26-,27+,34-/m1/s1. The van der Waals surface area contributed by atoms with Crippen LogP contribution in [0.5, 0.6) is 11.5 Å². The van der Waals surface area contributed by atoms with Gasteiger partial charge in [-0.15, -0.1) is 0 Å². The summed E-state index contributed by atoms with van der Waals surface area (Å²) in [7, 11) is 3.31. The van der Waals surface area contributed by atoms with Crippen LogP contribution >= 0.6 is 0 Å². The lowest BCUT2D eigenvalue weighted by Gasteiger charge is -2.35.